The average Bonchev–Trinajstić information content (AvgIpc) is 2.47. The van der Waals surface area contributed by atoms with Gasteiger partial charge in [0.2, 0.25) is 10.0 Å². The zero-order valence-corrected chi connectivity index (χ0v) is 12.4. The molecule has 1 aromatic rings. The third-order valence-electron chi connectivity index (χ3n) is 3.45. The molecule has 0 aliphatic carbocycles. The fourth-order valence-corrected chi connectivity index (χ4v) is 3.62. The first-order valence-electron chi connectivity index (χ1n) is 6.89. The Hall–Kier alpha value is -1.24. The summed E-state index contributed by atoms with van der Waals surface area (Å²) < 4.78 is 27.4. The van der Waals surface area contributed by atoms with E-state index < -0.39 is 10.0 Å². The second kappa shape index (κ2) is 6.47. The maximum Gasteiger partial charge on any atom is 0.240 e. The SMILES string of the molecule is CCC(=O)c1cccc(S(=O)(=O)NC2CCNCC2)c1. The van der Waals surface area contributed by atoms with Gasteiger partial charge in [0.25, 0.3) is 0 Å². The van der Waals surface area contributed by atoms with E-state index in [1.807, 2.05) is 0 Å². The summed E-state index contributed by atoms with van der Waals surface area (Å²) in [5.74, 6) is -0.0519. The molecule has 1 saturated heterocycles. The van der Waals surface area contributed by atoms with Crippen LogP contribution in [0.25, 0.3) is 0 Å². The summed E-state index contributed by atoms with van der Waals surface area (Å²) in [5, 5.41) is 3.19. The van der Waals surface area contributed by atoms with E-state index in [2.05, 4.69) is 10.0 Å². The minimum atomic E-state index is -3.55. The monoisotopic (exact) mass is 296 g/mol. The van der Waals surface area contributed by atoms with Crippen LogP contribution in [-0.4, -0.2) is 33.3 Å². The van der Waals surface area contributed by atoms with Gasteiger partial charge in [0.05, 0.1) is 4.90 Å². The fourth-order valence-electron chi connectivity index (χ4n) is 2.27. The largest absolute Gasteiger partial charge is 0.317 e. The van der Waals surface area contributed by atoms with Crippen LogP contribution < -0.4 is 10.0 Å². The summed E-state index contributed by atoms with van der Waals surface area (Å²) in [5.41, 5.74) is 0.445. The van der Waals surface area contributed by atoms with Gasteiger partial charge in [-0.05, 0) is 38.1 Å². The minimum absolute atomic E-state index is 0.0354. The maximum absolute atomic E-state index is 12.3. The quantitative estimate of drug-likeness (QED) is 0.803. The minimum Gasteiger partial charge on any atom is -0.317 e. The van der Waals surface area contributed by atoms with Gasteiger partial charge in [0.15, 0.2) is 5.78 Å². The lowest BCUT2D eigenvalue weighted by Gasteiger charge is -2.23. The molecule has 1 heterocycles. The lowest BCUT2D eigenvalue weighted by atomic mass is 10.1. The number of hydrogen-bond acceptors (Lipinski definition) is 4. The highest BCUT2D eigenvalue weighted by Gasteiger charge is 2.22. The fraction of sp³-hybridized carbons (Fsp3) is 0.500. The number of ketones is 1. The predicted octanol–water partition coefficient (Wildman–Crippen LogP) is 1.31. The third-order valence-corrected chi connectivity index (χ3v) is 4.97. The summed E-state index contributed by atoms with van der Waals surface area (Å²) in [6, 6.07) is 6.20. The second-order valence-corrected chi connectivity index (χ2v) is 6.66. The highest BCUT2D eigenvalue weighted by atomic mass is 32.2. The van der Waals surface area contributed by atoms with Crippen LogP contribution in [0, 0.1) is 0 Å². The van der Waals surface area contributed by atoms with E-state index in [9.17, 15) is 13.2 Å². The summed E-state index contributed by atoms with van der Waals surface area (Å²) in [7, 11) is -3.55. The first-order valence-corrected chi connectivity index (χ1v) is 8.37. The highest BCUT2D eigenvalue weighted by molar-refractivity contribution is 7.89. The van der Waals surface area contributed by atoms with Gasteiger partial charge in [-0.25, -0.2) is 13.1 Å². The molecule has 0 amide bonds. The van der Waals surface area contributed by atoms with Gasteiger partial charge in [-0.1, -0.05) is 19.1 Å². The molecule has 0 bridgehead atoms. The van der Waals surface area contributed by atoms with E-state index in [4.69, 9.17) is 0 Å². The number of carbonyl (C=O) groups is 1. The first-order chi connectivity index (χ1) is 9.53. The summed E-state index contributed by atoms with van der Waals surface area (Å²) in [4.78, 5) is 11.8. The summed E-state index contributed by atoms with van der Waals surface area (Å²) in [6.45, 7) is 3.40. The molecule has 2 N–H and O–H groups in total. The van der Waals surface area contributed by atoms with E-state index in [0.29, 0.717) is 12.0 Å². The van der Waals surface area contributed by atoms with Crippen molar-refractivity contribution in [3.05, 3.63) is 29.8 Å². The Bertz CT molecular complexity index is 578. The normalized spacial score (nSPS) is 17.1. The maximum atomic E-state index is 12.3. The molecule has 1 aliphatic heterocycles. The van der Waals surface area contributed by atoms with Crippen molar-refractivity contribution in [1.82, 2.24) is 10.0 Å². The molecule has 0 unspecified atom stereocenters. The molecular formula is C14H20N2O3S. The lowest BCUT2D eigenvalue weighted by Crippen LogP contribution is -2.42. The van der Waals surface area contributed by atoms with Crippen LogP contribution in [-0.2, 0) is 10.0 Å². The van der Waals surface area contributed by atoms with E-state index in [1.165, 1.54) is 12.1 Å². The Morgan fingerprint density at radius 1 is 1.35 bits per heavy atom. The van der Waals surface area contributed by atoms with Crippen molar-refractivity contribution in [2.75, 3.05) is 13.1 Å². The molecule has 0 saturated carbocycles. The number of carbonyl (C=O) groups excluding carboxylic acids is 1. The van der Waals surface area contributed by atoms with Crippen LogP contribution in [0.15, 0.2) is 29.2 Å². The topological polar surface area (TPSA) is 75.3 Å². The molecule has 1 aliphatic rings. The molecule has 0 atom stereocenters. The van der Waals surface area contributed by atoms with Gasteiger partial charge >= 0.3 is 0 Å². The molecule has 1 fully saturated rings. The van der Waals surface area contributed by atoms with Crippen molar-refractivity contribution in [3.63, 3.8) is 0 Å². The van der Waals surface area contributed by atoms with Crippen molar-refractivity contribution in [2.45, 2.75) is 37.1 Å². The average molecular weight is 296 g/mol. The highest BCUT2D eigenvalue weighted by Crippen LogP contribution is 2.15. The predicted molar refractivity (Wildman–Crippen MR) is 77.3 cm³/mol. The van der Waals surface area contributed by atoms with Gasteiger partial charge in [-0.15, -0.1) is 0 Å². The van der Waals surface area contributed by atoms with E-state index in [1.54, 1.807) is 19.1 Å². The third kappa shape index (κ3) is 3.65. The van der Waals surface area contributed by atoms with Gasteiger partial charge in [0, 0.05) is 18.0 Å². The molecule has 0 aromatic heterocycles. The molecule has 20 heavy (non-hydrogen) atoms. The second-order valence-electron chi connectivity index (χ2n) is 4.95. The van der Waals surface area contributed by atoms with Crippen molar-refractivity contribution < 1.29 is 13.2 Å². The van der Waals surface area contributed by atoms with E-state index in [0.717, 1.165) is 25.9 Å². The van der Waals surface area contributed by atoms with E-state index >= 15 is 0 Å². The number of nitrogens with one attached hydrogen (secondary N) is 2. The van der Waals surface area contributed by atoms with E-state index in [-0.39, 0.29) is 16.7 Å². The zero-order valence-electron chi connectivity index (χ0n) is 11.6. The summed E-state index contributed by atoms with van der Waals surface area (Å²) >= 11 is 0. The zero-order chi connectivity index (χ0) is 14.6. The molecule has 110 valence electrons. The Balaban J connectivity index is 2.18. The van der Waals surface area contributed by atoms with Gasteiger partial charge in [-0.3, -0.25) is 4.79 Å². The van der Waals surface area contributed by atoms with Crippen LogP contribution >= 0.6 is 0 Å². The van der Waals surface area contributed by atoms with Gasteiger partial charge in [-0.2, -0.15) is 0 Å². The molecular weight excluding hydrogens is 276 g/mol. The van der Waals surface area contributed by atoms with Crippen LogP contribution in [0.5, 0.6) is 0 Å². The van der Waals surface area contributed by atoms with Gasteiger partial charge < -0.3 is 5.32 Å². The van der Waals surface area contributed by atoms with Crippen LogP contribution in [0.4, 0.5) is 0 Å². The molecule has 0 spiro atoms. The van der Waals surface area contributed by atoms with Crippen LogP contribution in [0.1, 0.15) is 36.5 Å². The first kappa shape index (κ1) is 15.2. The number of hydrogen-bond donors (Lipinski definition) is 2. The molecule has 0 radical (unpaired) electrons. The molecule has 5 nitrogen and oxygen atoms in total. The van der Waals surface area contributed by atoms with Crippen molar-refractivity contribution in [3.8, 4) is 0 Å². The molecule has 1 aromatic carbocycles. The van der Waals surface area contributed by atoms with Crippen molar-refractivity contribution in [1.29, 1.82) is 0 Å². The standard InChI is InChI=1S/C14H20N2O3S/c1-2-14(17)11-4-3-5-13(10-11)20(18,19)16-12-6-8-15-9-7-12/h3-5,10,12,15-16H,2,6-9H2,1H3. The Labute approximate surface area is 119 Å². The van der Waals surface area contributed by atoms with Crippen molar-refractivity contribution >= 4 is 15.8 Å². The number of piperidine rings is 1. The summed E-state index contributed by atoms with van der Waals surface area (Å²) in [6.07, 6.45) is 1.94. The van der Waals surface area contributed by atoms with Crippen LogP contribution in [0.3, 0.4) is 0 Å². The number of benzene rings is 1. The van der Waals surface area contributed by atoms with Crippen LogP contribution in [0.2, 0.25) is 0 Å². The molecule has 6 heteroatoms. The number of sulfonamides is 1. The Kier molecular flexibility index (Phi) is 4.91. The molecule has 2 rings (SSSR count). The number of Topliss-reactive ketones (excluding diaryl/α,β-unsaturated/α-hetero) is 1. The Morgan fingerprint density at radius 2 is 2.05 bits per heavy atom. The number of rotatable bonds is 5. The Morgan fingerprint density at radius 3 is 2.70 bits per heavy atom. The smallest absolute Gasteiger partial charge is 0.240 e. The van der Waals surface area contributed by atoms with Gasteiger partial charge in [0.1, 0.15) is 0 Å². The van der Waals surface area contributed by atoms with Crippen molar-refractivity contribution in [2.24, 2.45) is 0 Å². The lowest BCUT2D eigenvalue weighted by molar-refractivity contribution is 0.0988.